The van der Waals surface area contributed by atoms with Crippen molar-refractivity contribution >= 4 is 5.91 Å². The molecule has 2 rings (SSSR count). The molecule has 0 radical (unpaired) electrons. The first kappa shape index (κ1) is 13.0. The number of carbonyl (C=O) groups excluding carboxylic acids is 1. The van der Waals surface area contributed by atoms with E-state index in [4.69, 9.17) is 0 Å². The van der Waals surface area contributed by atoms with E-state index >= 15 is 0 Å². The van der Waals surface area contributed by atoms with Crippen LogP contribution in [0.25, 0.3) is 0 Å². The molecule has 0 spiro atoms. The van der Waals surface area contributed by atoms with E-state index in [9.17, 15) is 13.6 Å². The summed E-state index contributed by atoms with van der Waals surface area (Å²) in [6, 6.07) is 7.79. The molecule has 1 aliphatic carbocycles. The molecule has 0 bridgehead atoms. The number of nitrogens with one attached hydrogen (secondary N) is 1. The number of halogens is 2. The number of alkyl halides is 2. The molecular weight excluding hydrogens is 236 g/mol. The molecular formula is C14H17F2NO. The van der Waals surface area contributed by atoms with Crippen LogP contribution in [0, 0.1) is 0 Å². The Morgan fingerprint density at radius 1 is 1.39 bits per heavy atom. The minimum atomic E-state index is -2.94. The first-order chi connectivity index (χ1) is 8.59. The summed E-state index contributed by atoms with van der Waals surface area (Å²) in [5.74, 6) is -1.04. The number of benzene rings is 1. The van der Waals surface area contributed by atoms with Crippen LogP contribution in [-0.4, -0.2) is 18.4 Å². The minimum absolute atomic E-state index is 0.137. The summed E-state index contributed by atoms with van der Waals surface area (Å²) in [6.07, 6.45) is 0.0618. The normalized spacial score (nSPS) is 20.3. The van der Waals surface area contributed by atoms with Gasteiger partial charge in [0, 0.05) is 12.0 Å². The molecule has 1 aliphatic rings. The predicted molar refractivity (Wildman–Crippen MR) is 65.7 cm³/mol. The van der Waals surface area contributed by atoms with Gasteiger partial charge >= 0.3 is 6.43 Å². The van der Waals surface area contributed by atoms with Crippen LogP contribution in [0.4, 0.5) is 8.78 Å². The third-order valence-corrected chi connectivity index (χ3v) is 3.59. The Kier molecular flexibility index (Phi) is 3.94. The van der Waals surface area contributed by atoms with Crippen molar-refractivity contribution in [1.29, 1.82) is 0 Å². The van der Waals surface area contributed by atoms with Crippen LogP contribution in [0.2, 0.25) is 0 Å². The number of aryl methyl sites for hydroxylation is 1. The van der Waals surface area contributed by atoms with E-state index in [1.165, 1.54) is 11.1 Å². The summed E-state index contributed by atoms with van der Waals surface area (Å²) in [7, 11) is 0. The molecule has 1 N–H and O–H groups in total. The lowest BCUT2D eigenvalue weighted by molar-refractivity contribution is -0.132. The third-order valence-electron chi connectivity index (χ3n) is 3.59. The Morgan fingerprint density at radius 2 is 2.11 bits per heavy atom. The maximum atomic E-state index is 12.2. The second-order valence-corrected chi connectivity index (χ2v) is 4.80. The van der Waals surface area contributed by atoms with Gasteiger partial charge in [-0.05, 0) is 37.3 Å². The molecule has 98 valence electrons. The number of amides is 1. The van der Waals surface area contributed by atoms with Crippen LogP contribution < -0.4 is 5.32 Å². The van der Waals surface area contributed by atoms with E-state index in [2.05, 4.69) is 11.4 Å². The number of carbonyl (C=O) groups is 1. The monoisotopic (exact) mass is 253 g/mol. The molecule has 0 aliphatic heterocycles. The molecule has 0 fully saturated rings. The summed E-state index contributed by atoms with van der Waals surface area (Å²) >= 11 is 0. The molecule has 0 unspecified atom stereocenters. The highest BCUT2D eigenvalue weighted by atomic mass is 19.3. The van der Waals surface area contributed by atoms with E-state index in [1.54, 1.807) is 6.92 Å². The van der Waals surface area contributed by atoms with Gasteiger partial charge in [-0.15, -0.1) is 0 Å². The standard InChI is InChI=1S/C14H17F2NO/c1-9(17-14(18)13(15)16)11-8-4-6-10-5-2-3-7-12(10)11/h2-3,5,7,9,11,13H,4,6,8H2,1H3,(H,17,18)/t9-,11-/m0/s1. The lowest BCUT2D eigenvalue weighted by Crippen LogP contribution is -2.41. The zero-order chi connectivity index (χ0) is 13.1. The van der Waals surface area contributed by atoms with Crippen LogP contribution in [0.1, 0.15) is 36.8 Å². The maximum absolute atomic E-state index is 12.2. The van der Waals surface area contributed by atoms with E-state index < -0.39 is 12.3 Å². The van der Waals surface area contributed by atoms with Crippen molar-refractivity contribution in [3.63, 3.8) is 0 Å². The summed E-state index contributed by atoms with van der Waals surface area (Å²) < 4.78 is 24.5. The maximum Gasteiger partial charge on any atom is 0.315 e. The van der Waals surface area contributed by atoms with Crippen molar-refractivity contribution in [2.75, 3.05) is 0 Å². The SMILES string of the molecule is C[C@H](NC(=O)C(F)F)[C@@H]1CCCc2ccccc21. The number of fused-ring (bicyclic) bond motifs is 1. The van der Waals surface area contributed by atoms with Gasteiger partial charge < -0.3 is 5.32 Å². The minimum Gasteiger partial charge on any atom is -0.348 e. The van der Waals surface area contributed by atoms with Gasteiger partial charge in [-0.1, -0.05) is 24.3 Å². The quantitative estimate of drug-likeness (QED) is 0.881. The Labute approximate surface area is 105 Å². The van der Waals surface area contributed by atoms with E-state index in [1.807, 2.05) is 18.2 Å². The average Bonchev–Trinajstić information content (AvgIpc) is 2.37. The van der Waals surface area contributed by atoms with Gasteiger partial charge in [-0.25, -0.2) is 0 Å². The topological polar surface area (TPSA) is 29.1 Å². The number of hydrogen-bond acceptors (Lipinski definition) is 1. The molecule has 0 saturated heterocycles. The largest absolute Gasteiger partial charge is 0.348 e. The smallest absolute Gasteiger partial charge is 0.315 e. The van der Waals surface area contributed by atoms with Crippen molar-refractivity contribution in [3.05, 3.63) is 35.4 Å². The first-order valence-corrected chi connectivity index (χ1v) is 6.26. The Bertz CT molecular complexity index is 434. The molecule has 1 aromatic carbocycles. The molecule has 4 heteroatoms. The average molecular weight is 253 g/mol. The van der Waals surface area contributed by atoms with Crippen molar-refractivity contribution in [3.8, 4) is 0 Å². The highest BCUT2D eigenvalue weighted by Gasteiger charge is 2.27. The zero-order valence-electron chi connectivity index (χ0n) is 10.3. The van der Waals surface area contributed by atoms with Gasteiger partial charge in [-0.3, -0.25) is 4.79 Å². The molecule has 0 aromatic heterocycles. The van der Waals surface area contributed by atoms with Gasteiger partial charge in [-0.2, -0.15) is 8.78 Å². The molecule has 1 aromatic rings. The van der Waals surface area contributed by atoms with Gasteiger partial charge in [0.25, 0.3) is 5.91 Å². The Balaban J connectivity index is 2.12. The highest BCUT2D eigenvalue weighted by Crippen LogP contribution is 2.33. The Morgan fingerprint density at radius 3 is 2.83 bits per heavy atom. The lowest BCUT2D eigenvalue weighted by atomic mass is 9.79. The van der Waals surface area contributed by atoms with E-state index in [0.29, 0.717) is 0 Å². The van der Waals surface area contributed by atoms with Gasteiger partial charge in [0.05, 0.1) is 0 Å². The molecule has 0 heterocycles. The zero-order valence-corrected chi connectivity index (χ0v) is 10.3. The Hall–Kier alpha value is -1.45. The van der Waals surface area contributed by atoms with Crippen LogP contribution >= 0.6 is 0 Å². The van der Waals surface area contributed by atoms with Crippen molar-refractivity contribution in [1.82, 2.24) is 5.32 Å². The lowest BCUT2D eigenvalue weighted by Gasteiger charge is -2.30. The number of rotatable bonds is 3. The second kappa shape index (κ2) is 5.46. The van der Waals surface area contributed by atoms with Gasteiger partial charge in [0.1, 0.15) is 0 Å². The van der Waals surface area contributed by atoms with Crippen molar-refractivity contribution in [2.24, 2.45) is 0 Å². The first-order valence-electron chi connectivity index (χ1n) is 6.26. The molecule has 1 amide bonds. The van der Waals surface area contributed by atoms with Gasteiger partial charge in [0.2, 0.25) is 0 Å². The summed E-state index contributed by atoms with van der Waals surface area (Å²) in [4.78, 5) is 11.0. The van der Waals surface area contributed by atoms with Crippen LogP contribution in [0.3, 0.4) is 0 Å². The molecule has 18 heavy (non-hydrogen) atoms. The summed E-state index contributed by atoms with van der Waals surface area (Å²) in [5, 5.41) is 2.40. The summed E-state index contributed by atoms with van der Waals surface area (Å²) in [5.41, 5.74) is 2.46. The fourth-order valence-electron chi connectivity index (χ4n) is 2.70. The number of hydrogen-bond donors (Lipinski definition) is 1. The molecule has 0 saturated carbocycles. The van der Waals surface area contributed by atoms with E-state index in [-0.39, 0.29) is 12.0 Å². The predicted octanol–water partition coefficient (Wildman–Crippen LogP) is 2.88. The van der Waals surface area contributed by atoms with Crippen LogP contribution in [0.5, 0.6) is 0 Å². The van der Waals surface area contributed by atoms with Crippen LogP contribution in [-0.2, 0) is 11.2 Å². The van der Waals surface area contributed by atoms with Crippen molar-refractivity contribution in [2.45, 2.75) is 44.6 Å². The fraction of sp³-hybridized carbons (Fsp3) is 0.500. The highest BCUT2D eigenvalue weighted by molar-refractivity contribution is 5.79. The van der Waals surface area contributed by atoms with Crippen molar-refractivity contribution < 1.29 is 13.6 Å². The van der Waals surface area contributed by atoms with Gasteiger partial charge in [0.15, 0.2) is 0 Å². The van der Waals surface area contributed by atoms with Crippen LogP contribution in [0.15, 0.2) is 24.3 Å². The summed E-state index contributed by atoms with van der Waals surface area (Å²) in [6.45, 7) is 1.80. The molecule has 2 nitrogen and oxygen atoms in total. The fourth-order valence-corrected chi connectivity index (χ4v) is 2.70. The molecule has 2 atom stereocenters. The second-order valence-electron chi connectivity index (χ2n) is 4.80. The third kappa shape index (κ3) is 2.68. The van der Waals surface area contributed by atoms with E-state index in [0.717, 1.165) is 19.3 Å².